The summed E-state index contributed by atoms with van der Waals surface area (Å²) in [5.41, 5.74) is 0.971. The molecule has 1 fully saturated rings. The maximum atomic E-state index is 12.5. The first-order valence-corrected chi connectivity index (χ1v) is 9.79. The van der Waals surface area contributed by atoms with Gasteiger partial charge in [0, 0.05) is 37.9 Å². The first-order chi connectivity index (χ1) is 10.9. The lowest BCUT2D eigenvalue weighted by Gasteiger charge is -2.37. The number of carbonyl (C=O) groups excluding carboxylic acids is 1. The van der Waals surface area contributed by atoms with Gasteiger partial charge in [-0.2, -0.15) is 0 Å². The van der Waals surface area contributed by atoms with Crippen LogP contribution in [0.15, 0.2) is 24.3 Å². The highest BCUT2D eigenvalue weighted by molar-refractivity contribution is 7.90. The molecule has 0 bridgehead atoms. The van der Waals surface area contributed by atoms with Gasteiger partial charge in [-0.15, -0.1) is 12.4 Å². The van der Waals surface area contributed by atoms with Crippen molar-refractivity contribution in [2.24, 2.45) is 0 Å². The molecule has 1 heterocycles. The first kappa shape index (κ1) is 20.7. The molecule has 0 spiro atoms. The van der Waals surface area contributed by atoms with E-state index in [2.05, 4.69) is 5.32 Å². The third-order valence-corrected chi connectivity index (χ3v) is 5.00. The molecule has 1 saturated heterocycles. The Kier molecular flexibility index (Phi) is 7.99. The van der Waals surface area contributed by atoms with Gasteiger partial charge in [0.15, 0.2) is 0 Å². The summed E-state index contributed by atoms with van der Waals surface area (Å²) in [6.45, 7) is 2.02. The molecule has 0 aromatic heterocycles. The molecule has 0 aliphatic carbocycles. The van der Waals surface area contributed by atoms with Crippen molar-refractivity contribution >= 4 is 28.2 Å². The number of amides is 1. The number of rotatable bonds is 6. The number of carbonyl (C=O) groups is 1. The molecule has 1 aliphatic rings. The van der Waals surface area contributed by atoms with Crippen LogP contribution < -0.4 is 10.1 Å². The summed E-state index contributed by atoms with van der Waals surface area (Å²) < 4.78 is 27.8. The topological polar surface area (TPSA) is 75.7 Å². The number of hydrogen-bond donors (Lipinski definition) is 1. The maximum absolute atomic E-state index is 12.5. The fourth-order valence-electron chi connectivity index (χ4n) is 2.85. The summed E-state index contributed by atoms with van der Waals surface area (Å²) in [5, 5.41) is 3.30. The smallest absolute Gasteiger partial charge is 0.223 e. The number of halogens is 1. The zero-order valence-electron chi connectivity index (χ0n) is 14.0. The number of nitrogens with one attached hydrogen (secondary N) is 1. The Labute approximate surface area is 149 Å². The van der Waals surface area contributed by atoms with Crippen LogP contribution in [-0.2, 0) is 14.6 Å². The largest absolute Gasteiger partial charge is 0.496 e. The lowest BCUT2D eigenvalue weighted by Crippen LogP contribution is -2.48. The molecule has 8 heteroatoms. The van der Waals surface area contributed by atoms with E-state index in [0.717, 1.165) is 17.9 Å². The fraction of sp³-hybridized carbons (Fsp3) is 0.562. The van der Waals surface area contributed by atoms with E-state index in [1.54, 1.807) is 7.11 Å². The fourth-order valence-corrected chi connectivity index (χ4v) is 3.52. The molecule has 0 radical (unpaired) electrons. The Hall–Kier alpha value is -1.31. The van der Waals surface area contributed by atoms with Gasteiger partial charge in [0.05, 0.1) is 18.9 Å². The molecule has 2 rings (SSSR count). The number of methoxy groups -OCH3 is 1. The van der Waals surface area contributed by atoms with Gasteiger partial charge in [-0.3, -0.25) is 4.79 Å². The molecule has 24 heavy (non-hydrogen) atoms. The maximum Gasteiger partial charge on any atom is 0.223 e. The Balaban J connectivity index is 0.00000288. The third kappa shape index (κ3) is 5.65. The van der Waals surface area contributed by atoms with Crippen LogP contribution in [0, 0.1) is 0 Å². The Morgan fingerprint density at radius 1 is 1.38 bits per heavy atom. The predicted molar refractivity (Wildman–Crippen MR) is 96.5 cm³/mol. The molecule has 1 unspecified atom stereocenters. The lowest BCUT2D eigenvalue weighted by molar-refractivity contribution is -0.134. The average Bonchev–Trinajstić information content (AvgIpc) is 2.53. The van der Waals surface area contributed by atoms with Gasteiger partial charge in [0.2, 0.25) is 5.91 Å². The number of para-hydroxylation sites is 1. The van der Waals surface area contributed by atoms with Crippen molar-refractivity contribution < 1.29 is 17.9 Å². The summed E-state index contributed by atoms with van der Waals surface area (Å²) in [6, 6.07) is 7.59. The summed E-state index contributed by atoms with van der Waals surface area (Å²) >= 11 is 0. The van der Waals surface area contributed by atoms with Crippen LogP contribution in [0.5, 0.6) is 5.75 Å². The minimum absolute atomic E-state index is 0. The Morgan fingerprint density at radius 3 is 2.75 bits per heavy atom. The van der Waals surface area contributed by atoms with E-state index >= 15 is 0 Å². The van der Waals surface area contributed by atoms with Crippen molar-refractivity contribution in [1.82, 2.24) is 10.2 Å². The van der Waals surface area contributed by atoms with E-state index in [0.29, 0.717) is 19.5 Å². The van der Waals surface area contributed by atoms with E-state index in [1.165, 1.54) is 6.26 Å². The summed E-state index contributed by atoms with van der Waals surface area (Å²) in [5.74, 6) is 0.797. The van der Waals surface area contributed by atoms with Gasteiger partial charge in [0.25, 0.3) is 0 Å². The minimum Gasteiger partial charge on any atom is -0.496 e. The zero-order chi connectivity index (χ0) is 16.9. The van der Waals surface area contributed by atoms with E-state index in [4.69, 9.17) is 4.74 Å². The molecule has 1 N–H and O–H groups in total. The third-order valence-electron chi connectivity index (χ3n) is 3.97. The number of piperazine rings is 1. The van der Waals surface area contributed by atoms with E-state index in [1.807, 2.05) is 29.2 Å². The van der Waals surface area contributed by atoms with E-state index < -0.39 is 9.84 Å². The number of benzene rings is 1. The molecule has 1 amide bonds. The van der Waals surface area contributed by atoms with Crippen LogP contribution in [-0.4, -0.2) is 58.0 Å². The average molecular weight is 377 g/mol. The quantitative estimate of drug-likeness (QED) is 0.812. The van der Waals surface area contributed by atoms with Crippen LogP contribution in [0.25, 0.3) is 0 Å². The van der Waals surface area contributed by atoms with Crippen LogP contribution in [0.2, 0.25) is 0 Å². The molecule has 1 aliphatic heterocycles. The minimum atomic E-state index is -3.03. The van der Waals surface area contributed by atoms with Gasteiger partial charge in [0.1, 0.15) is 15.6 Å². The molecular weight excluding hydrogens is 352 g/mol. The molecule has 1 aromatic carbocycles. The van der Waals surface area contributed by atoms with Gasteiger partial charge in [-0.1, -0.05) is 18.2 Å². The summed E-state index contributed by atoms with van der Waals surface area (Å²) in [4.78, 5) is 14.4. The number of sulfone groups is 1. The standard InChI is InChI=1S/C16H24N2O4S.ClH/c1-22-15-7-4-3-6-13(15)14-12-17-9-10-18(14)16(19)8-5-11-23(2,20)21;/h3-4,6-7,14,17H,5,8-12H2,1-2H3;1H. The van der Waals surface area contributed by atoms with Crippen LogP contribution in [0.1, 0.15) is 24.4 Å². The van der Waals surface area contributed by atoms with E-state index in [-0.39, 0.29) is 36.5 Å². The molecule has 0 saturated carbocycles. The highest BCUT2D eigenvalue weighted by Gasteiger charge is 2.29. The normalized spacial score (nSPS) is 17.9. The number of nitrogens with zero attached hydrogens (tertiary/aromatic N) is 1. The molecule has 1 atom stereocenters. The number of ether oxygens (including phenoxy) is 1. The monoisotopic (exact) mass is 376 g/mol. The van der Waals surface area contributed by atoms with Crippen molar-refractivity contribution in [3.63, 3.8) is 0 Å². The van der Waals surface area contributed by atoms with Crippen LogP contribution in [0.3, 0.4) is 0 Å². The lowest BCUT2D eigenvalue weighted by atomic mass is 10.0. The first-order valence-electron chi connectivity index (χ1n) is 7.73. The second-order valence-corrected chi connectivity index (χ2v) is 8.04. The van der Waals surface area contributed by atoms with Gasteiger partial charge < -0.3 is 15.0 Å². The van der Waals surface area contributed by atoms with Crippen molar-refractivity contribution in [1.29, 1.82) is 0 Å². The summed E-state index contributed by atoms with van der Waals surface area (Å²) in [6.07, 6.45) is 1.80. The zero-order valence-corrected chi connectivity index (χ0v) is 15.7. The molecule has 1 aromatic rings. The van der Waals surface area contributed by atoms with E-state index in [9.17, 15) is 13.2 Å². The Bertz CT molecular complexity index is 651. The predicted octanol–water partition coefficient (Wildman–Crippen LogP) is 1.41. The summed E-state index contributed by atoms with van der Waals surface area (Å²) in [7, 11) is -1.41. The van der Waals surface area contributed by atoms with Gasteiger partial charge in [-0.25, -0.2) is 8.42 Å². The second kappa shape index (κ2) is 9.25. The van der Waals surface area contributed by atoms with Gasteiger partial charge >= 0.3 is 0 Å². The van der Waals surface area contributed by atoms with Crippen molar-refractivity contribution in [2.75, 3.05) is 38.8 Å². The van der Waals surface area contributed by atoms with Crippen LogP contribution in [0.4, 0.5) is 0 Å². The highest BCUT2D eigenvalue weighted by Crippen LogP contribution is 2.30. The number of hydrogen-bond acceptors (Lipinski definition) is 5. The second-order valence-electron chi connectivity index (χ2n) is 5.78. The van der Waals surface area contributed by atoms with Crippen molar-refractivity contribution in [3.05, 3.63) is 29.8 Å². The SMILES string of the molecule is COc1ccccc1C1CNCCN1C(=O)CCCS(C)(=O)=O.Cl. The highest BCUT2D eigenvalue weighted by atomic mass is 35.5. The molecular formula is C16H25ClN2O4S. The molecule has 6 nitrogen and oxygen atoms in total. The van der Waals surface area contributed by atoms with Crippen molar-refractivity contribution in [3.8, 4) is 5.75 Å². The van der Waals surface area contributed by atoms with Crippen molar-refractivity contribution in [2.45, 2.75) is 18.9 Å². The van der Waals surface area contributed by atoms with Crippen LogP contribution >= 0.6 is 12.4 Å². The van der Waals surface area contributed by atoms with Gasteiger partial charge in [-0.05, 0) is 12.5 Å². The Morgan fingerprint density at radius 2 is 2.08 bits per heavy atom. The molecule has 136 valence electrons.